The van der Waals surface area contributed by atoms with Gasteiger partial charge in [-0.15, -0.1) is 0 Å². The summed E-state index contributed by atoms with van der Waals surface area (Å²) in [6.07, 6.45) is 0. The lowest BCUT2D eigenvalue weighted by Crippen LogP contribution is -1.83. The van der Waals surface area contributed by atoms with E-state index >= 15 is 0 Å². The molecule has 0 aliphatic heterocycles. The quantitative estimate of drug-likeness (QED) is 0.358. The van der Waals surface area contributed by atoms with Crippen molar-refractivity contribution in [2.24, 2.45) is 0 Å². The van der Waals surface area contributed by atoms with Crippen LogP contribution in [0.5, 0.6) is 0 Å². The Morgan fingerprint density at radius 2 is 2.36 bits per heavy atom. The van der Waals surface area contributed by atoms with Gasteiger partial charge >= 0.3 is 5.88 Å². The molecule has 0 saturated heterocycles. The Morgan fingerprint density at radius 1 is 1.73 bits per heavy atom. The maximum atomic E-state index is 10.1. The molecule has 0 radical (unpaired) electrons. The highest BCUT2D eigenvalue weighted by atomic mass is 127. The average Bonchev–Trinajstić information content (AvgIpc) is 2.33. The van der Waals surface area contributed by atoms with Gasteiger partial charge < -0.3 is 4.42 Å². The fourth-order valence-corrected chi connectivity index (χ4v) is 0.989. The number of hydrogen-bond donors (Lipinski definition) is 0. The number of nitrogens with zero attached hydrogens (tertiary/aromatic N) is 1. The van der Waals surface area contributed by atoms with E-state index in [0.29, 0.717) is 5.76 Å². The predicted molar refractivity (Wildman–Crippen MR) is 47.8 cm³/mol. The van der Waals surface area contributed by atoms with Crippen LogP contribution in [0.4, 0.5) is 5.88 Å². The van der Waals surface area contributed by atoms with Crippen molar-refractivity contribution in [1.82, 2.24) is 0 Å². The summed E-state index contributed by atoms with van der Waals surface area (Å²) in [6.45, 7) is 1.91. The van der Waals surface area contributed by atoms with Crippen molar-refractivity contribution in [2.45, 2.75) is 10.8 Å². The number of rotatable bonds is 2. The fraction of sp³-hybridized carbons (Fsp3) is 0.333. The van der Waals surface area contributed by atoms with Gasteiger partial charge in [0.1, 0.15) is 10.7 Å². The van der Waals surface area contributed by atoms with E-state index in [4.69, 9.17) is 4.42 Å². The van der Waals surface area contributed by atoms with Crippen LogP contribution in [0.15, 0.2) is 16.5 Å². The van der Waals surface area contributed by atoms with E-state index in [-0.39, 0.29) is 9.81 Å². The minimum absolute atomic E-state index is 0.168. The van der Waals surface area contributed by atoms with Crippen molar-refractivity contribution in [2.75, 3.05) is 0 Å². The van der Waals surface area contributed by atoms with E-state index in [0.717, 1.165) is 0 Å². The topological polar surface area (TPSA) is 56.3 Å². The highest BCUT2D eigenvalue weighted by Gasteiger charge is 2.13. The molecule has 1 atom stereocenters. The molecular formula is C6H6INO3. The minimum Gasteiger partial charge on any atom is -0.405 e. The molecule has 4 nitrogen and oxygen atoms in total. The van der Waals surface area contributed by atoms with Crippen LogP contribution < -0.4 is 0 Å². The molecule has 0 aromatic carbocycles. The summed E-state index contributed by atoms with van der Waals surface area (Å²) >= 11 is 2.13. The summed E-state index contributed by atoms with van der Waals surface area (Å²) in [6, 6.07) is 2.99. The van der Waals surface area contributed by atoms with Crippen molar-refractivity contribution in [3.63, 3.8) is 0 Å². The van der Waals surface area contributed by atoms with E-state index in [1.54, 1.807) is 6.07 Å². The molecule has 5 heteroatoms. The van der Waals surface area contributed by atoms with Gasteiger partial charge in [0.05, 0.1) is 9.99 Å². The highest BCUT2D eigenvalue weighted by Crippen LogP contribution is 2.26. The smallest absolute Gasteiger partial charge is 0.405 e. The first kappa shape index (κ1) is 8.51. The Balaban J connectivity index is 2.90. The third-order valence-corrected chi connectivity index (χ3v) is 1.80. The Bertz CT molecular complexity index is 269. The second-order valence-electron chi connectivity index (χ2n) is 2.05. The van der Waals surface area contributed by atoms with Crippen LogP contribution in [-0.4, -0.2) is 4.92 Å². The molecule has 1 unspecified atom stereocenters. The van der Waals surface area contributed by atoms with Gasteiger partial charge in [-0.25, -0.2) is 0 Å². The Labute approximate surface area is 76.9 Å². The molecule has 1 heterocycles. The zero-order chi connectivity index (χ0) is 8.43. The molecule has 0 spiro atoms. The fourth-order valence-electron chi connectivity index (χ4n) is 0.654. The molecule has 60 valence electrons. The predicted octanol–water partition coefficient (Wildman–Crippen LogP) is 2.68. The third-order valence-electron chi connectivity index (χ3n) is 1.18. The first-order valence-electron chi connectivity index (χ1n) is 2.99. The normalized spacial score (nSPS) is 12.9. The molecule has 1 aromatic heterocycles. The van der Waals surface area contributed by atoms with Gasteiger partial charge in [-0.2, -0.15) is 0 Å². The summed E-state index contributed by atoms with van der Waals surface area (Å²) in [7, 11) is 0. The van der Waals surface area contributed by atoms with Gasteiger partial charge in [0.15, 0.2) is 0 Å². The summed E-state index contributed by atoms with van der Waals surface area (Å²) in [5, 5.41) is 10.1. The molecule has 0 aliphatic rings. The van der Waals surface area contributed by atoms with Gasteiger partial charge in [0, 0.05) is 0 Å². The molecular weight excluding hydrogens is 261 g/mol. The van der Waals surface area contributed by atoms with Crippen LogP contribution >= 0.6 is 22.6 Å². The molecule has 0 fully saturated rings. The molecule has 11 heavy (non-hydrogen) atoms. The van der Waals surface area contributed by atoms with E-state index < -0.39 is 4.92 Å². The second-order valence-corrected chi connectivity index (χ2v) is 3.92. The summed E-state index contributed by atoms with van der Waals surface area (Å²) in [5.74, 6) is 0.445. The van der Waals surface area contributed by atoms with Crippen LogP contribution in [0.25, 0.3) is 0 Å². The number of furan rings is 1. The zero-order valence-corrected chi connectivity index (χ0v) is 7.94. The monoisotopic (exact) mass is 267 g/mol. The van der Waals surface area contributed by atoms with Crippen LogP contribution in [0.1, 0.15) is 16.6 Å². The molecule has 1 aromatic rings. The lowest BCUT2D eigenvalue weighted by atomic mass is 10.4. The van der Waals surface area contributed by atoms with Crippen molar-refractivity contribution >= 4 is 28.5 Å². The third kappa shape index (κ3) is 1.92. The molecule has 1 rings (SSSR count). The minimum atomic E-state index is -0.539. The van der Waals surface area contributed by atoms with Crippen LogP contribution in [0.2, 0.25) is 0 Å². The maximum Gasteiger partial charge on any atom is 0.433 e. The number of nitro groups is 1. The van der Waals surface area contributed by atoms with Gasteiger partial charge in [0.25, 0.3) is 0 Å². The van der Waals surface area contributed by atoms with Gasteiger partial charge in [-0.3, -0.25) is 10.1 Å². The second kappa shape index (κ2) is 3.21. The van der Waals surface area contributed by atoms with Crippen molar-refractivity contribution < 1.29 is 9.34 Å². The lowest BCUT2D eigenvalue weighted by Gasteiger charge is -1.93. The summed E-state index contributed by atoms with van der Waals surface area (Å²) in [5.41, 5.74) is 0. The van der Waals surface area contributed by atoms with E-state index in [1.165, 1.54) is 6.07 Å². The number of hydrogen-bond acceptors (Lipinski definition) is 3. The molecule has 0 bridgehead atoms. The first-order valence-corrected chi connectivity index (χ1v) is 4.24. The average molecular weight is 267 g/mol. The Morgan fingerprint density at radius 3 is 2.64 bits per heavy atom. The Hall–Kier alpha value is -0.590. The van der Waals surface area contributed by atoms with Crippen LogP contribution in [0, 0.1) is 10.1 Å². The van der Waals surface area contributed by atoms with Crippen LogP contribution in [-0.2, 0) is 0 Å². The maximum absolute atomic E-state index is 10.1. The Kier molecular flexibility index (Phi) is 2.48. The van der Waals surface area contributed by atoms with E-state index in [1.807, 2.05) is 6.92 Å². The first-order chi connectivity index (χ1) is 5.11. The van der Waals surface area contributed by atoms with Gasteiger partial charge in [-0.05, 0) is 13.0 Å². The number of alkyl halides is 1. The van der Waals surface area contributed by atoms with E-state index in [2.05, 4.69) is 22.6 Å². The van der Waals surface area contributed by atoms with Crippen LogP contribution in [0.3, 0.4) is 0 Å². The molecule has 0 amide bonds. The molecule has 0 saturated carbocycles. The van der Waals surface area contributed by atoms with E-state index in [9.17, 15) is 10.1 Å². The lowest BCUT2D eigenvalue weighted by molar-refractivity contribution is -0.402. The van der Waals surface area contributed by atoms with Gasteiger partial charge in [-0.1, -0.05) is 22.6 Å². The largest absolute Gasteiger partial charge is 0.433 e. The SMILES string of the molecule is CC(I)c1ccc([N+](=O)[O-])o1. The molecule has 0 N–H and O–H groups in total. The van der Waals surface area contributed by atoms with Gasteiger partial charge in [0.2, 0.25) is 0 Å². The van der Waals surface area contributed by atoms with Crippen molar-refractivity contribution in [3.8, 4) is 0 Å². The van der Waals surface area contributed by atoms with Crippen molar-refractivity contribution in [3.05, 3.63) is 28.0 Å². The summed E-state index contributed by atoms with van der Waals surface area (Å²) in [4.78, 5) is 9.61. The zero-order valence-electron chi connectivity index (χ0n) is 5.78. The van der Waals surface area contributed by atoms with Crippen molar-refractivity contribution in [1.29, 1.82) is 0 Å². The number of halogens is 1. The standard InChI is InChI=1S/C6H6INO3/c1-4(7)5-2-3-6(11-5)8(9)10/h2-4H,1H3. The molecule has 0 aliphatic carbocycles. The summed E-state index contributed by atoms with van der Waals surface area (Å²) < 4.78 is 5.07. The highest BCUT2D eigenvalue weighted by molar-refractivity contribution is 14.1.